The number of hydrogen-bond donors (Lipinski definition) is 1. The number of amides is 3. The molecule has 3 aromatic rings. The Morgan fingerprint density at radius 1 is 1.19 bits per heavy atom. The Balaban J connectivity index is 1.55. The zero-order valence-electron chi connectivity index (χ0n) is 21.0. The zero-order chi connectivity index (χ0) is 25.8. The molecule has 0 bridgehead atoms. The van der Waals surface area contributed by atoms with Gasteiger partial charge in [-0.1, -0.05) is 0 Å². The molecule has 10 nitrogen and oxygen atoms in total. The number of hydrogen-bond acceptors (Lipinski definition) is 6. The van der Waals surface area contributed by atoms with E-state index in [-0.39, 0.29) is 24.5 Å². The van der Waals surface area contributed by atoms with Gasteiger partial charge in [0.2, 0.25) is 0 Å². The van der Waals surface area contributed by atoms with E-state index in [0.29, 0.717) is 43.1 Å². The van der Waals surface area contributed by atoms with E-state index in [2.05, 4.69) is 10.3 Å². The van der Waals surface area contributed by atoms with Crippen LogP contribution in [0.1, 0.15) is 33.2 Å². The molecule has 1 aliphatic rings. The van der Waals surface area contributed by atoms with Crippen molar-refractivity contribution in [1.29, 1.82) is 0 Å². The van der Waals surface area contributed by atoms with Gasteiger partial charge in [-0.2, -0.15) is 0 Å². The molecule has 2 aromatic heterocycles. The summed E-state index contributed by atoms with van der Waals surface area (Å²) in [6.07, 6.45) is 3.48. The Morgan fingerprint density at radius 2 is 1.97 bits per heavy atom. The van der Waals surface area contributed by atoms with Crippen molar-refractivity contribution in [2.45, 2.75) is 19.4 Å². The van der Waals surface area contributed by atoms with Crippen molar-refractivity contribution >= 4 is 34.6 Å². The molecule has 1 fully saturated rings. The third kappa shape index (κ3) is 5.33. The van der Waals surface area contributed by atoms with Crippen LogP contribution in [0.2, 0.25) is 0 Å². The number of aryl methyl sites for hydroxylation is 1. The molecule has 190 valence electrons. The Kier molecular flexibility index (Phi) is 7.54. The molecule has 1 atom stereocenters. The van der Waals surface area contributed by atoms with Gasteiger partial charge in [0.05, 0.1) is 31.4 Å². The lowest BCUT2D eigenvalue weighted by atomic mass is 10.0. The molecule has 0 unspecified atom stereocenters. The van der Waals surface area contributed by atoms with Crippen molar-refractivity contribution in [3.8, 4) is 0 Å². The highest BCUT2D eigenvalue weighted by Gasteiger charge is 2.29. The first-order chi connectivity index (χ1) is 17.3. The smallest absolute Gasteiger partial charge is 0.412 e. The Labute approximate surface area is 209 Å². The van der Waals surface area contributed by atoms with Gasteiger partial charge in [-0.15, -0.1) is 0 Å². The maximum absolute atomic E-state index is 13.4. The SMILES string of the molecule is CCOC(=O)Nc1ccc(C(=O)N2CCOC[C@@H]2Cc2cn(C)c3ccc(C(=O)N(C)C)cc23)cn1. The standard InChI is InChI=1S/C26H31N5O5/c1-5-36-26(34)28-23-9-7-18(14-27-23)25(33)31-10-11-35-16-20(31)12-19-15-30(4)22-8-6-17(13-21(19)22)24(32)29(2)3/h6-9,13-15,20H,5,10-12,16H2,1-4H3,(H,27,28,34)/t20-/m0/s1. The van der Waals surface area contributed by atoms with Crippen LogP contribution in [0.25, 0.3) is 10.9 Å². The van der Waals surface area contributed by atoms with Crippen molar-refractivity contribution < 1.29 is 23.9 Å². The number of ether oxygens (including phenoxy) is 2. The van der Waals surface area contributed by atoms with Crippen LogP contribution in [-0.2, 0) is 22.9 Å². The van der Waals surface area contributed by atoms with Crippen molar-refractivity contribution in [2.24, 2.45) is 7.05 Å². The number of pyridine rings is 1. The quantitative estimate of drug-likeness (QED) is 0.566. The monoisotopic (exact) mass is 493 g/mol. The minimum atomic E-state index is -0.595. The fourth-order valence-electron chi connectivity index (χ4n) is 4.40. The van der Waals surface area contributed by atoms with Gasteiger partial charge >= 0.3 is 6.09 Å². The molecule has 36 heavy (non-hydrogen) atoms. The molecule has 1 N–H and O–H groups in total. The summed E-state index contributed by atoms with van der Waals surface area (Å²) in [7, 11) is 5.43. The van der Waals surface area contributed by atoms with Crippen LogP contribution in [0.5, 0.6) is 0 Å². The molecule has 3 amide bonds. The molecule has 10 heteroatoms. The van der Waals surface area contributed by atoms with E-state index in [1.807, 2.05) is 40.9 Å². The van der Waals surface area contributed by atoms with Crippen molar-refractivity contribution in [1.82, 2.24) is 19.4 Å². The second-order valence-corrected chi connectivity index (χ2v) is 8.91. The van der Waals surface area contributed by atoms with E-state index < -0.39 is 6.09 Å². The molecule has 1 aliphatic heterocycles. The van der Waals surface area contributed by atoms with Crippen LogP contribution in [0, 0.1) is 0 Å². The summed E-state index contributed by atoms with van der Waals surface area (Å²) < 4.78 is 12.6. The molecule has 1 aromatic carbocycles. The first-order valence-corrected chi connectivity index (χ1v) is 11.9. The third-order valence-corrected chi connectivity index (χ3v) is 6.19. The van der Waals surface area contributed by atoms with Crippen LogP contribution in [-0.4, -0.2) is 83.8 Å². The minimum absolute atomic E-state index is 0.0575. The average Bonchev–Trinajstić information content (AvgIpc) is 3.18. The van der Waals surface area contributed by atoms with Gasteiger partial charge < -0.3 is 23.8 Å². The lowest BCUT2D eigenvalue weighted by Gasteiger charge is -2.35. The summed E-state index contributed by atoms with van der Waals surface area (Å²) in [6, 6.07) is 8.74. The fraction of sp³-hybridized carbons (Fsp3) is 0.385. The summed E-state index contributed by atoms with van der Waals surface area (Å²) in [6.45, 7) is 3.30. The Hall–Kier alpha value is -3.92. The first kappa shape index (κ1) is 25.2. The number of rotatable bonds is 6. The average molecular weight is 494 g/mol. The molecular formula is C26H31N5O5. The zero-order valence-corrected chi connectivity index (χ0v) is 21.0. The third-order valence-electron chi connectivity index (χ3n) is 6.19. The highest BCUT2D eigenvalue weighted by Crippen LogP contribution is 2.26. The second-order valence-electron chi connectivity index (χ2n) is 8.91. The van der Waals surface area contributed by atoms with Gasteiger partial charge in [-0.05, 0) is 49.2 Å². The molecule has 0 saturated carbocycles. The van der Waals surface area contributed by atoms with Gasteiger partial charge in [-0.25, -0.2) is 9.78 Å². The largest absolute Gasteiger partial charge is 0.450 e. The maximum atomic E-state index is 13.4. The fourth-order valence-corrected chi connectivity index (χ4v) is 4.40. The van der Waals surface area contributed by atoms with Crippen LogP contribution >= 0.6 is 0 Å². The van der Waals surface area contributed by atoms with E-state index in [4.69, 9.17) is 9.47 Å². The Bertz CT molecular complexity index is 1270. The summed E-state index contributed by atoms with van der Waals surface area (Å²) in [5, 5.41) is 3.51. The number of nitrogens with one attached hydrogen (secondary N) is 1. The number of benzene rings is 1. The molecular weight excluding hydrogens is 462 g/mol. The lowest BCUT2D eigenvalue weighted by molar-refractivity contribution is -0.00158. The molecule has 0 spiro atoms. The number of carbonyl (C=O) groups excluding carboxylic acids is 3. The summed E-state index contributed by atoms with van der Waals surface area (Å²) in [5.41, 5.74) is 3.11. The van der Waals surface area contributed by atoms with E-state index >= 15 is 0 Å². The Morgan fingerprint density at radius 3 is 2.67 bits per heavy atom. The number of aromatic nitrogens is 2. The maximum Gasteiger partial charge on any atom is 0.412 e. The van der Waals surface area contributed by atoms with Gasteiger partial charge in [-0.3, -0.25) is 14.9 Å². The number of anilines is 1. The predicted octanol–water partition coefficient (Wildman–Crippen LogP) is 2.93. The summed E-state index contributed by atoms with van der Waals surface area (Å²) >= 11 is 0. The topological polar surface area (TPSA) is 106 Å². The molecule has 0 radical (unpaired) electrons. The highest BCUT2D eigenvalue weighted by atomic mass is 16.5. The van der Waals surface area contributed by atoms with E-state index in [0.717, 1.165) is 16.5 Å². The van der Waals surface area contributed by atoms with E-state index in [9.17, 15) is 14.4 Å². The molecule has 0 aliphatic carbocycles. The summed E-state index contributed by atoms with van der Waals surface area (Å²) in [4.78, 5) is 45.1. The van der Waals surface area contributed by atoms with Crippen LogP contribution in [0.15, 0.2) is 42.7 Å². The minimum Gasteiger partial charge on any atom is -0.450 e. The number of nitrogens with zero attached hydrogens (tertiary/aromatic N) is 4. The number of fused-ring (bicyclic) bond motifs is 1. The van der Waals surface area contributed by atoms with Gasteiger partial charge in [0.15, 0.2) is 0 Å². The molecule has 3 heterocycles. The number of morpholine rings is 1. The highest BCUT2D eigenvalue weighted by molar-refractivity contribution is 5.99. The van der Waals surface area contributed by atoms with Gasteiger partial charge in [0.25, 0.3) is 11.8 Å². The molecule has 1 saturated heterocycles. The first-order valence-electron chi connectivity index (χ1n) is 11.9. The normalized spacial score (nSPS) is 15.6. The summed E-state index contributed by atoms with van der Waals surface area (Å²) in [5.74, 6) is 0.0995. The van der Waals surface area contributed by atoms with Crippen LogP contribution in [0.4, 0.5) is 10.6 Å². The molecule has 4 rings (SSSR count). The van der Waals surface area contributed by atoms with E-state index in [1.54, 1.807) is 38.1 Å². The van der Waals surface area contributed by atoms with E-state index in [1.165, 1.54) is 6.20 Å². The van der Waals surface area contributed by atoms with Crippen molar-refractivity contribution in [3.05, 3.63) is 59.4 Å². The second kappa shape index (κ2) is 10.8. The number of carbonyl (C=O) groups is 3. The predicted molar refractivity (Wildman–Crippen MR) is 135 cm³/mol. The van der Waals surface area contributed by atoms with Gasteiger partial charge in [0, 0.05) is 56.5 Å². The van der Waals surface area contributed by atoms with Crippen molar-refractivity contribution in [3.63, 3.8) is 0 Å². The van der Waals surface area contributed by atoms with Gasteiger partial charge in [0.1, 0.15) is 5.82 Å². The van der Waals surface area contributed by atoms with Crippen LogP contribution in [0.3, 0.4) is 0 Å². The van der Waals surface area contributed by atoms with Crippen LogP contribution < -0.4 is 5.32 Å². The lowest BCUT2D eigenvalue weighted by Crippen LogP contribution is -2.49. The van der Waals surface area contributed by atoms with Crippen molar-refractivity contribution in [2.75, 3.05) is 45.8 Å².